The van der Waals surface area contributed by atoms with Crippen molar-refractivity contribution in [3.05, 3.63) is 63.8 Å². The third kappa shape index (κ3) is 2.97. The van der Waals surface area contributed by atoms with Crippen molar-refractivity contribution in [2.45, 2.75) is 43.1 Å². The van der Waals surface area contributed by atoms with Crippen molar-refractivity contribution in [3.63, 3.8) is 0 Å². The molecule has 0 saturated heterocycles. The highest BCUT2D eigenvalue weighted by atomic mass is 32.2. The molecule has 0 aliphatic heterocycles. The second kappa shape index (κ2) is 7.18. The molecule has 4 aromatic heterocycles. The monoisotopic (exact) mass is 409 g/mol. The van der Waals surface area contributed by atoms with Crippen molar-refractivity contribution in [1.82, 2.24) is 23.9 Å². The van der Waals surface area contributed by atoms with Gasteiger partial charge in [-0.15, -0.1) is 17.9 Å². The van der Waals surface area contributed by atoms with E-state index in [-0.39, 0.29) is 5.56 Å². The molecule has 0 saturated carbocycles. The first-order chi connectivity index (χ1) is 13.7. The second-order valence-corrected chi connectivity index (χ2v) is 8.86. The van der Waals surface area contributed by atoms with E-state index in [0.29, 0.717) is 18.1 Å². The zero-order valence-electron chi connectivity index (χ0n) is 15.3. The van der Waals surface area contributed by atoms with Crippen molar-refractivity contribution < 1.29 is 0 Å². The molecule has 28 heavy (non-hydrogen) atoms. The third-order valence-corrected chi connectivity index (χ3v) is 7.18. The van der Waals surface area contributed by atoms with Crippen LogP contribution in [0, 0.1) is 0 Å². The van der Waals surface area contributed by atoms with E-state index in [0.717, 1.165) is 40.3 Å². The normalized spacial score (nSPS) is 13.9. The van der Waals surface area contributed by atoms with Gasteiger partial charge in [0.05, 0.1) is 11.1 Å². The van der Waals surface area contributed by atoms with Gasteiger partial charge in [-0.25, -0.2) is 15.0 Å². The Balaban J connectivity index is 1.54. The minimum atomic E-state index is 0.0588. The Kier molecular flexibility index (Phi) is 4.52. The number of allylic oxidation sites excluding steroid dienone is 1. The summed E-state index contributed by atoms with van der Waals surface area (Å²) in [7, 11) is 0. The number of imidazole rings is 1. The van der Waals surface area contributed by atoms with Gasteiger partial charge in [0.15, 0.2) is 5.16 Å². The maximum absolute atomic E-state index is 13.3. The van der Waals surface area contributed by atoms with Crippen LogP contribution in [0.2, 0.25) is 0 Å². The molecule has 0 atom stereocenters. The van der Waals surface area contributed by atoms with Gasteiger partial charge in [0, 0.05) is 35.8 Å². The molecule has 1 aliphatic carbocycles. The molecule has 0 aromatic carbocycles. The molecule has 0 fully saturated rings. The zero-order chi connectivity index (χ0) is 19.1. The van der Waals surface area contributed by atoms with Gasteiger partial charge in [0.1, 0.15) is 4.83 Å². The highest BCUT2D eigenvalue weighted by Gasteiger charge is 2.22. The van der Waals surface area contributed by atoms with Crippen molar-refractivity contribution in [1.29, 1.82) is 0 Å². The van der Waals surface area contributed by atoms with Crippen LogP contribution in [0.5, 0.6) is 0 Å². The average Bonchev–Trinajstić information content (AvgIpc) is 3.29. The van der Waals surface area contributed by atoms with Gasteiger partial charge < -0.3 is 0 Å². The summed E-state index contributed by atoms with van der Waals surface area (Å²) in [6.45, 7) is 4.28. The van der Waals surface area contributed by atoms with Crippen LogP contribution in [0.15, 0.2) is 47.3 Å². The maximum atomic E-state index is 13.3. The zero-order valence-corrected chi connectivity index (χ0v) is 16.9. The number of rotatable bonds is 5. The second-order valence-electron chi connectivity index (χ2n) is 6.84. The van der Waals surface area contributed by atoms with Gasteiger partial charge in [-0.1, -0.05) is 17.8 Å². The molecule has 0 spiro atoms. The lowest BCUT2D eigenvalue weighted by atomic mass is 9.97. The maximum Gasteiger partial charge on any atom is 0.263 e. The largest absolute Gasteiger partial charge is 0.291 e. The predicted octanol–water partition coefficient (Wildman–Crippen LogP) is 3.86. The first-order valence-corrected chi connectivity index (χ1v) is 11.1. The summed E-state index contributed by atoms with van der Waals surface area (Å²) in [5.74, 6) is 1.31. The van der Waals surface area contributed by atoms with E-state index in [2.05, 4.69) is 16.5 Å². The fourth-order valence-electron chi connectivity index (χ4n) is 3.71. The molecule has 1 aliphatic rings. The molecule has 0 N–H and O–H groups in total. The fraction of sp³-hybridized carbons (Fsp3) is 0.300. The first-order valence-electron chi connectivity index (χ1n) is 9.32. The van der Waals surface area contributed by atoms with Crippen LogP contribution in [-0.2, 0) is 25.1 Å². The lowest BCUT2D eigenvalue weighted by molar-refractivity contribution is 0.668. The molecule has 0 bridgehead atoms. The summed E-state index contributed by atoms with van der Waals surface area (Å²) < 4.78 is 3.65. The van der Waals surface area contributed by atoms with E-state index in [1.807, 2.05) is 22.9 Å². The van der Waals surface area contributed by atoms with Crippen molar-refractivity contribution in [2.24, 2.45) is 0 Å². The van der Waals surface area contributed by atoms with Gasteiger partial charge >= 0.3 is 0 Å². The quantitative estimate of drug-likeness (QED) is 0.284. The summed E-state index contributed by atoms with van der Waals surface area (Å²) in [4.78, 5) is 29.1. The Labute approximate surface area is 170 Å². The molecular formula is C20H19N5OS2. The van der Waals surface area contributed by atoms with E-state index in [9.17, 15) is 4.79 Å². The summed E-state index contributed by atoms with van der Waals surface area (Å²) in [5.41, 5.74) is 2.20. The number of hydrogen-bond donors (Lipinski definition) is 0. The van der Waals surface area contributed by atoms with E-state index in [1.54, 1.807) is 28.2 Å². The molecule has 6 nitrogen and oxygen atoms in total. The molecule has 5 rings (SSSR count). The molecule has 4 aromatic rings. The van der Waals surface area contributed by atoms with E-state index in [4.69, 9.17) is 4.98 Å². The highest BCUT2D eigenvalue weighted by molar-refractivity contribution is 7.98. The van der Waals surface area contributed by atoms with Crippen LogP contribution in [0.25, 0.3) is 16.0 Å². The summed E-state index contributed by atoms with van der Waals surface area (Å²) in [6.07, 6.45) is 11.8. The summed E-state index contributed by atoms with van der Waals surface area (Å²) in [6, 6.07) is 1.88. The Morgan fingerprint density at radius 3 is 3.04 bits per heavy atom. The molecule has 0 unspecified atom stereocenters. The van der Waals surface area contributed by atoms with Crippen molar-refractivity contribution >= 4 is 39.1 Å². The minimum Gasteiger partial charge on any atom is -0.291 e. The lowest BCUT2D eigenvalue weighted by Gasteiger charge is -2.12. The van der Waals surface area contributed by atoms with Gasteiger partial charge in [-0.3, -0.25) is 13.8 Å². The number of hydrogen-bond acceptors (Lipinski definition) is 6. The number of aryl methyl sites for hydroxylation is 2. The van der Waals surface area contributed by atoms with Crippen LogP contribution in [-0.4, -0.2) is 23.9 Å². The SMILES string of the molecule is C=CCn1c(SCc2cn3cccnc3n2)nc2sc3c(c2c1=O)CCCC3. The Morgan fingerprint density at radius 1 is 1.29 bits per heavy atom. The third-order valence-electron chi connectivity index (χ3n) is 4.99. The van der Waals surface area contributed by atoms with E-state index < -0.39 is 0 Å². The lowest BCUT2D eigenvalue weighted by Crippen LogP contribution is -2.23. The number of thiophene rings is 1. The van der Waals surface area contributed by atoms with Crippen LogP contribution in [0.4, 0.5) is 0 Å². The van der Waals surface area contributed by atoms with Crippen molar-refractivity contribution in [3.8, 4) is 0 Å². The van der Waals surface area contributed by atoms with E-state index in [1.165, 1.54) is 28.6 Å². The van der Waals surface area contributed by atoms with Gasteiger partial charge in [-0.2, -0.15) is 0 Å². The Bertz CT molecular complexity index is 1220. The van der Waals surface area contributed by atoms with Crippen LogP contribution in [0.3, 0.4) is 0 Å². The van der Waals surface area contributed by atoms with E-state index >= 15 is 0 Å². The number of nitrogens with zero attached hydrogens (tertiary/aromatic N) is 5. The minimum absolute atomic E-state index is 0.0588. The Hall–Kier alpha value is -2.45. The Morgan fingerprint density at radius 2 is 2.18 bits per heavy atom. The van der Waals surface area contributed by atoms with Crippen LogP contribution in [0.1, 0.15) is 29.0 Å². The average molecular weight is 410 g/mol. The molecule has 0 radical (unpaired) electrons. The predicted molar refractivity (Wildman–Crippen MR) is 113 cm³/mol. The van der Waals surface area contributed by atoms with Crippen LogP contribution >= 0.6 is 23.1 Å². The topological polar surface area (TPSA) is 65.1 Å². The van der Waals surface area contributed by atoms with Gasteiger partial charge in [0.2, 0.25) is 5.78 Å². The molecular weight excluding hydrogens is 390 g/mol. The standard InChI is InChI=1S/C20H19N5OS2/c1-2-9-25-18(26)16-14-6-3-4-7-15(14)28-17(16)23-20(25)27-12-13-11-24-10-5-8-21-19(24)22-13/h2,5,8,10-11H,1,3-4,6-7,9,12H2. The number of aromatic nitrogens is 5. The van der Waals surface area contributed by atoms with Gasteiger partial charge in [-0.05, 0) is 37.3 Å². The smallest absolute Gasteiger partial charge is 0.263 e. The first kappa shape index (κ1) is 17.6. The molecule has 142 valence electrons. The summed E-state index contributed by atoms with van der Waals surface area (Å²) in [5, 5.41) is 1.55. The van der Waals surface area contributed by atoms with Crippen LogP contribution < -0.4 is 5.56 Å². The fourth-order valence-corrected chi connectivity index (χ4v) is 5.90. The molecule has 8 heteroatoms. The molecule has 0 amide bonds. The molecule has 4 heterocycles. The summed E-state index contributed by atoms with van der Waals surface area (Å²) >= 11 is 3.22. The number of fused-ring (bicyclic) bond motifs is 4. The highest BCUT2D eigenvalue weighted by Crippen LogP contribution is 2.35. The van der Waals surface area contributed by atoms with Crippen molar-refractivity contribution in [2.75, 3.05) is 0 Å². The van der Waals surface area contributed by atoms with Gasteiger partial charge in [0.25, 0.3) is 5.56 Å². The number of thioether (sulfide) groups is 1.